The van der Waals surface area contributed by atoms with Crippen molar-refractivity contribution in [3.05, 3.63) is 70.5 Å². The number of non-ortho nitro benzene ring substituents is 1. The molecule has 138 valence electrons. The highest BCUT2D eigenvalue weighted by Crippen LogP contribution is 2.31. The van der Waals surface area contributed by atoms with Gasteiger partial charge in [-0.15, -0.1) is 0 Å². The van der Waals surface area contributed by atoms with Gasteiger partial charge in [0.05, 0.1) is 23.5 Å². The van der Waals surface area contributed by atoms with Crippen LogP contribution in [0.15, 0.2) is 54.9 Å². The van der Waals surface area contributed by atoms with E-state index >= 15 is 0 Å². The van der Waals surface area contributed by atoms with Crippen LogP contribution >= 0.6 is 0 Å². The zero-order valence-corrected chi connectivity index (χ0v) is 14.8. The number of morpholine rings is 1. The Kier molecular flexibility index (Phi) is 4.84. The smallest absolute Gasteiger partial charge is 0.278 e. The number of anilines is 2. The van der Waals surface area contributed by atoms with Crippen LogP contribution in [0.2, 0.25) is 0 Å². The van der Waals surface area contributed by atoms with Crippen molar-refractivity contribution in [2.24, 2.45) is 0 Å². The van der Waals surface area contributed by atoms with Crippen molar-refractivity contribution in [1.82, 2.24) is 4.98 Å². The van der Waals surface area contributed by atoms with E-state index in [1.807, 2.05) is 12.1 Å². The zero-order valence-electron chi connectivity index (χ0n) is 14.8. The second-order valence-corrected chi connectivity index (χ2v) is 6.39. The fourth-order valence-corrected chi connectivity index (χ4v) is 3.45. The molecule has 3 aromatic rings. The summed E-state index contributed by atoms with van der Waals surface area (Å²) in [6, 6.07) is 13.4. The number of hydrogen-bond acceptors (Lipinski definition) is 6. The van der Waals surface area contributed by atoms with Crippen LogP contribution in [0.3, 0.4) is 0 Å². The third kappa shape index (κ3) is 3.54. The monoisotopic (exact) mass is 364 g/mol. The van der Waals surface area contributed by atoms with Crippen LogP contribution in [0, 0.1) is 10.1 Å². The molecule has 1 saturated heterocycles. The largest absolute Gasteiger partial charge is 0.380 e. The first kappa shape index (κ1) is 17.2. The summed E-state index contributed by atoms with van der Waals surface area (Å²) in [6.45, 7) is 3.86. The summed E-state index contributed by atoms with van der Waals surface area (Å²) in [5, 5.41) is 16.0. The van der Waals surface area contributed by atoms with Gasteiger partial charge < -0.3 is 15.0 Å². The number of fused-ring (bicyclic) bond motifs is 1. The van der Waals surface area contributed by atoms with Gasteiger partial charge in [0.15, 0.2) is 0 Å². The summed E-state index contributed by atoms with van der Waals surface area (Å²) in [5.41, 5.74) is 3.30. The van der Waals surface area contributed by atoms with Crippen molar-refractivity contribution in [2.45, 2.75) is 6.54 Å². The molecule has 1 aliphatic rings. The molecule has 2 heterocycles. The first-order valence-corrected chi connectivity index (χ1v) is 8.89. The van der Waals surface area contributed by atoms with Crippen molar-refractivity contribution in [1.29, 1.82) is 0 Å². The lowest BCUT2D eigenvalue weighted by molar-refractivity contribution is -0.383. The predicted octanol–water partition coefficient (Wildman–Crippen LogP) is 3.59. The molecule has 27 heavy (non-hydrogen) atoms. The van der Waals surface area contributed by atoms with Gasteiger partial charge in [-0.2, -0.15) is 0 Å². The van der Waals surface area contributed by atoms with E-state index in [-0.39, 0.29) is 10.6 Å². The number of hydrogen-bond donors (Lipinski definition) is 1. The predicted molar refractivity (Wildman–Crippen MR) is 105 cm³/mol. The number of ether oxygens (including phenoxy) is 1. The molecule has 1 aromatic heterocycles. The molecule has 4 rings (SSSR count). The highest BCUT2D eigenvalue weighted by atomic mass is 16.6. The quantitative estimate of drug-likeness (QED) is 0.550. The normalized spacial score (nSPS) is 14.3. The van der Waals surface area contributed by atoms with Crippen LogP contribution in [-0.2, 0) is 11.3 Å². The molecule has 0 aliphatic carbocycles. The maximum Gasteiger partial charge on any atom is 0.278 e. The number of benzene rings is 2. The van der Waals surface area contributed by atoms with Crippen molar-refractivity contribution >= 4 is 27.8 Å². The second kappa shape index (κ2) is 7.59. The summed E-state index contributed by atoms with van der Waals surface area (Å²) < 4.78 is 5.45. The van der Waals surface area contributed by atoms with Gasteiger partial charge in [0, 0.05) is 54.9 Å². The number of pyridine rings is 1. The van der Waals surface area contributed by atoms with Gasteiger partial charge >= 0.3 is 0 Å². The molecule has 0 unspecified atom stereocenters. The minimum absolute atomic E-state index is 0.0670. The number of para-hydroxylation sites is 1. The van der Waals surface area contributed by atoms with E-state index in [1.165, 1.54) is 17.3 Å². The lowest BCUT2D eigenvalue weighted by Crippen LogP contribution is -2.36. The zero-order chi connectivity index (χ0) is 18.6. The van der Waals surface area contributed by atoms with Crippen LogP contribution < -0.4 is 10.2 Å². The Bertz CT molecular complexity index is 970. The molecule has 0 amide bonds. The summed E-state index contributed by atoms with van der Waals surface area (Å²) in [5.74, 6) is 0. The lowest BCUT2D eigenvalue weighted by atomic mass is 10.1. The number of aromatic nitrogens is 1. The molecule has 0 bridgehead atoms. The van der Waals surface area contributed by atoms with Gasteiger partial charge in [-0.05, 0) is 23.8 Å². The maximum atomic E-state index is 11.3. The Hall–Kier alpha value is -3.19. The van der Waals surface area contributed by atoms with Crippen molar-refractivity contribution in [2.75, 3.05) is 36.5 Å². The summed E-state index contributed by atoms with van der Waals surface area (Å²) in [4.78, 5) is 17.3. The standard InChI is InChI=1S/C20H20N4O3/c25-24(26)20-6-5-18(16-7-8-21-14-17(16)20)22-13-15-3-1-2-4-19(15)23-9-11-27-12-10-23/h1-8,14,22H,9-13H2. The molecule has 1 aliphatic heterocycles. The van der Waals surface area contributed by atoms with E-state index in [9.17, 15) is 10.1 Å². The molecule has 0 atom stereocenters. The van der Waals surface area contributed by atoms with Crippen LogP contribution in [0.1, 0.15) is 5.56 Å². The molecule has 0 spiro atoms. The third-order valence-electron chi connectivity index (χ3n) is 4.80. The number of rotatable bonds is 5. The first-order chi connectivity index (χ1) is 13.2. The molecular weight excluding hydrogens is 344 g/mol. The third-order valence-corrected chi connectivity index (χ3v) is 4.80. The molecule has 0 radical (unpaired) electrons. The fraction of sp³-hybridized carbons (Fsp3) is 0.250. The van der Waals surface area contributed by atoms with Crippen molar-refractivity contribution in [3.8, 4) is 0 Å². The van der Waals surface area contributed by atoms with E-state index in [0.717, 1.165) is 37.4 Å². The van der Waals surface area contributed by atoms with Gasteiger partial charge in [0.1, 0.15) is 0 Å². The number of nitro benzene ring substituents is 1. The molecule has 7 nitrogen and oxygen atoms in total. The van der Waals surface area contributed by atoms with Gasteiger partial charge in [-0.3, -0.25) is 15.1 Å². The summed E-state index contributed by atoms with van der Waals surface area (Å²) in [6.07, 6.45) is 3.19. The topological polar surface area (TPSA) is 80.5 Å². The van der Waals surface area contributed by atoms with Gasteiger partial charge in [0.2, 0.25) is 0 Å². The molecule has 1 N–H and O–H groups in total. The number of nitrogens with zero attached hydrogens (tertiary/aromatic N) is 3. The Morgan fingerprint density at radius 2 is 1.93 bits per heavy atom. The fourth-order valence-electron chi connectivity index (χ4n) is 3.45. The van der Waals surface area contributed by atoms with Gasteiger partial charge in [-0.1, -0.05) is 18.2 Å². The molecule has 7 heteroatoms. The average Bonchev–Trinajstić information content (AvgIpc) is 2.72. The molecule has 1 fully saturated rings. The highest BCUT2D eigenvalue weighted by molar-refractivity contribution is 5.99. The van der Waals surface area contributed by atoms with Crippen LogP contribution in [0.4, 0.5) is 17.1 Å². The Balaban J connectivity index is 1.61. The van der Waals surface area contributed by atoms with Gasteiger partial charge in [-0.25, -0.2) is 0 Å². The Morgan fingerprint density at radius 3 is 2.74 bits per heavy atom. The maximum absolute atomic E-state index is 11.3. The average molecular weight is 364 g/mol. The van der Waals surface area contributed by atoms with E-state index in [0.29, 0.717) is 11.9 Å². The van der Waals surface area contributed by atoms with Crippen molar-refractivity contribution in [3.63, 3.8) is 0 Å². The van der Waals surface area contributed by atoms with Crippen LogP contribution in [-0.4, -0.2) is 36.2 Å². The van der Waals surface area contributed by atoms with E-state index in [1.54, 1.807) is 24.5 Å². The van der Waals surface area contributed by atoms with Crippen molar-refractivity contribution < 1.29 is 9.66 Å². The highest BCUT2D eigenvalue weighted by Gasteiger charge is 2.16. The van der Waals surface area contributed by atoms with E-state index in [2.05, 4.69) is 27.3 Å². The number of nitro groups is 1. The minimum Gasteiger partial charge on any atom is -0.380 e. The second-order valence-electron chi connectivity index (χ2n) is 6.39. The summed E-state index contributed by atoms with van der Waals surface area (Å²) in [7, 11) is 0. The minimum atomic E-state index is -0.373. The number of nitrogens with one attached hydrogen (secondary N) is 1. The van der Waals surface area contributed by atoms with Crippen LogP contribution in [0.5, 0.6) is 0 Å². The van der Waals surface area contributed by atoms with Gasteiger partial charge in [0.25, 0.3) is 5.69 Å². The molecular formula is C20H20N4O3. The first-order valence-electron chi connectivity index (χ1n) is 8.89. The van der Waals surface area contributed by atoms with E-state index < -0.39 is 0 Å². The Labute approximate surface area is 156 Å². The SMILES string of the molecule is O=[N+]([O-])c1ccc(NCc2ccccc2N2CCOCC2)c2ccncc12. The molecule has 0 saturated carbocycles. The Morgan fingerprint density at radius 1 is 1.11 bits per heavy atom. The lowest BCUT2D eigenvalue weighted by Gasteiger charge is -2.30. The van der Waals surface area contributed by atoms with Crippen LogP contribution in [0.25, 0.3) is 10.8 Å². The molecule has 2 aromatic carbocycles. The van der Waals surface area contributed by atoms with E-state index in [4.69, 9.17) is 4.74 Å². The summed E-state index contributed by atoms with van der Waals surface area (Å²) >= 11 is 0.